The van der Waals surface area contributed by atoms with Gasteiger partial charge >= 0.3 is 6.18 Å². The van der Waals surface area contributed by atoms with Crippen LogP contribution in [0.2, 0.25) is 5.02 Å². The molecular weight excluding hydrogens is 399 g/mol. The van der Waals surface area contributed by atoms with Crippen LogP contribution < -0.4 is 14.8 Å². The number of alkyl halides is 3. The Kier molecular flexibility index (Phi) is 5.81. The molecule has 0 saturated heterocycles. The van der Waals surface area contributed by atoms with Gasteiger partial charge in [0.05, 0.1) is 17.2 Å². The van der Waals surface area contributed by atoms with Crippen molar-refractivity contribution < 1.29 is 32.5 Å². The van der Waals surface area contributed by atoms with Crippen LogP contribution in [-0.2, 0) is 11.0 Å². The van der Waals surface area contributed by atoms with Gasteiger partial charge in [0.15, 0.2) is 17.6 Å². The van der Waals surface area contributed by atoms with Gasteiger partial charge in [0.1, 0.15) is 6.61 Å². The lowest BCUT2D eigenvalue weighted by molar-refractivity contribution is -0.137. The monoisotopic (exact) mass is 413 g/mol. The number of anilines is 1. The Hall–Kier alpha value is -2.71. The summed E-state index contributed by atoms with van der Waals surface area (Å²) in [5.74, 6) is 0.403. The number of rotatable bonds is 4. The topological polar surface area (TPSA) is 67.8 Å². The van der Waals surface area contributed by atoms with Crippen molar-refractivity contribution in [1.29, 1.82) is 0 Å². The minimum atomic E-state index is -4.54. The van der Waals surface area contributed by atoms with Gasteiger partial charge in [-0.25, -0.2) is 0 Å². The first-order valence-corrected chi connectivity index (χ1v) is 8.54. The van der Waals surface area contributed by atoms with Crippen molar-refractivity contribution in [3.05, 3.63) is 58.6 Å². The zero-order chi connectivity index (χ0) is 20.3. The maximum absolute atomic E-state index is 12.7. The molecule has 1 amide bonds. The van der Waals surface area contributed by atoms with Gasteiger partial charge in [0.25, 0.3) is 0 Å². The van der Waals surface area contributed by atoms with Gasteiger partial charge in [-0.1, -0.05) is 17.7 Å². The number of nitrogens with one attached hydrogen (secondary N) is 1. The summed E-state index contributed by atoms with van der Waals surface area (Å²) in [7, 11) is 0. The van der Waals surface area contributed by atoms with Crippen molar-refractivity contribution in [3.8, 4) is 11.5 Å². The minimum absolute atomic E-state index is 0.170. The van der Waals surface area contributed by atoms with Crippen molar-refractivity contribution >= 4 is 29.3 Å². The second-order valence-corrected chi connectivity index (χ2v) is 6.36. The van der Waals surface area contributed by atoms with E-state index >= 15 is 0 Å². The Morgan fingerprint density at radius 3 is 2.71 bits per heavy atom. The van der Waals surface area contributed by atoms with Crippen LogP contribution in [-0.4, -0.2) is 30.3 Å². The molecule has 9 heteroatoms. The van der Waals surface area contributed by atoms with Gasteiger partial charge in [0, 0.05) is 17.8 Å². The molecule has 5 nitrogen and oxygen atoms in total. The Labute approximate surface area is 163 Å². The van der Waals surface area contributed by atoms with Gasteiger partial charge in [-0.15, -0.1) is 0 Å². The molecule has 1 unspecified atom stereocenters. The zero-order valence-electron chi connectivity index (χ0n) is 14.3. The van der Waals surface area contributed by atoms with Crippen LogP contribution >= 0.6 is 11.6 Å². The fraction of sp³-hybridized carbons (Fsp3) is 0.211. The second-order valence-electron chi connectivity index (χ2n) is 5.95. The molecule has 0 spiro atoms. The first kappa shape index (κ1) is 20.0. The maximum Gasteiger partial charge on any atom is 0.417 e. The lowest BCUT2D eigenvalue weighted by Crippen LogP contribution is -2.32. The Bertz CT molecular complexity index is 915. The standard InChI is InChI=1S/C19H15ClF3NO4/c20-15-7-11(1-4-14(15)19(21,22)23)2-6-18(26)24-12-3-5-16-17(8-12)27-10-13(9-25)28-16/h1-8,13,25H,9-10H2,(H,24,26)/b6-2+. The Morgan fingerprint density at radius 1 is 1.25 bits per heavy atom. The first-order valence-electron chi connectivity index (χ1n) is 8.16. The fourth-order valence-corrected chi connectivity index (χ4v) is 2.80. The van der Waals surface area contributed by atoms with Crippen molar-refractivity contribution in [1.82, 2.24) is 0 Å². The number of aliphatic hydroxyl groups is 1. The number of aliphatic hydroxyl groups excluding tert-OH is 1. The number of carbonyl (C=O) groups is 1. The molecule has 0 radical (unpaired) electrons. The third-order valence-corrected chi connectivity index (χ3v) is 4.17. The lowest BCUT2D eigenvalue weighted by atomic mass is 10.1. The van der Waals surface area contributed by atoms with Crippen molar-refractivity contribution in [3.63, 3.8) is 0 Å². The van der Waals surface area contributed by atoms with Gasteiger partial charge in [0.2, 0.25) is 5.91 Å². The average molecular weight is 414 g/mol. The molecule has 3 rings (SSSR count). The van der Waals surface area contributed by atoms with Crippen LogP contribution in [0, 0.1) is 0 Å². The maximum atomic E-state index is 12.7. The molecule has 1 atom stereocenters. The van der Waals surface area contributed by atoms with E-state index in [9.17, 15) is 18.0 Å². The van der Waals surface area contributed by atoms with E-state index in [-0.39, 0.29) is 13.2 Å². The summed E-state index contributed by atoms with van der Waals surface area (Å²) in [5, 5.41) is 11.3. The molecule has 0 aliphatic carbocycles. The normalized spacial score (nSPS) is 16.2. The first-order chi connectivity index (χ1) is 13.3. The summed E-state index contributed by atoms with van der Waals surface area (Å²) in [4.78, 5) is 12.0. The molecule has 2 aromatic carbocycles. The van der Waals surface area contributed by atoms with Gasteiger partial charge < -0.3 is 19.9 Å². The molecule has 0 bridgehead atoms. The van der Waals surface area contributed by atoms with E-state index in [1.54, 1.807) is 18.2 Å². The van der Waals surface area contributed by atoms with E-state index in [2.05, 4.69) is 5.32 Å². The fourth-order valence-electron chi connectivity index (χ4n) is 2.50. The van der Waals surface area contributed by atoms with Crippen LogP contribution in [0.15, 0.2) is 42.5 Å². The van der Waals surface area contributed by atoms with E-state index in [0.717, 1.165) is 12.1 Å². The third-order valence-electron chi connectivity index (χ3n) is 3.86. The van der Waals surface area contributed by atoms with Gasteiger partial charge in [-0.3, -0.25) is 4.79 Å². The summed E-state index contributed by atoms with van der Waals surface area (Å²) < 4.78 is 49.1. The Balaban J connectivity index is 1.65. The number of fused-ring (bicyclic) bond motifs is 1. The highest BCUT2D eigenvalue weighted by Crippen LogP contribution is 2.35. The third kappa shape index (κ3) is 4.76. The lowest BCUT2D eigenvalue weighted by Gasteiger charge is -2.25. The molecule has 1 heterocycles. The number of carbonyl (C=O) groups excluding carboxylic acids is 1. The molecule has 1 aliphatic rings. The summed E-state index contributed by atoms with van der Waals surface area (Å²) >= 11 is 5.65. The van der Waals surface area contributed by atoms with Crippen LogP contribution in [0.4, 0.5) is 18.9 Å². The summed E-state index contributed by atoms with van der Waals surface area (Å²) in [5.41, 5.74) is -0.134. The number of amides is 1. The Morgan fingerprint density at radius 2 is 2.04 bits per heavy atom. The van der Waals surface area contributed by atoms with E-state index in [0.29, 0.717) is 22.7 Å². The van der Waals surface area contributed by atoms with Gasteiger partial charge in [-0.05, 0) is 35.9 Å². The number of hydrogen-bond acceptors (Lipinski definition) is 4. The molecule has 2 aromatic rings. The van der Waals surface area contributed by atoms with E-state index in [1.807, 2.05) is 0 Å². The average Bonchev–Trinajstić information content (AvgIpc) is 2.65. The quantitative estimate of drug-likeness (QED) is 0.739. The summed E-state index contributed by atoms with van der Waals surface area (Å²) in [6.07, 6.45) is -2.44. The van der Waals surface area contributed by atoms with E-state index in [4.69, 9.17) is 26.2 Å². The zero-order valence-corrected chi connectivity index (χ0v) is 15.1. The highest BCUT2D eigenvalue weighted by atomic mass is 35.5. The number of hydrogen-bond donors (Lipinski definition) is 2. The molecule has 0 fully saturated rings. The number of halogens is 4. The van der Waals surface area contributed by atoms with Crippen LogP contribution in [0.25, 0.3) is 6.08 Å². The predicted octanol–water partition coefficient (Wildman–Crippen LogP) is 4.14. The molecule has 1 aliphatic heterocycles. The van der Waals surface area contributed by atoms with E-state index in [1.165, 1.54) is 18.2 Å². The van der Waals surface area contributed by atoms with E-state index < -0.39 is 28.8 Å². The molecule has 28 heavy (non-hydrogen) atoms. The SMILES string of the molecule is O=C(/C=C/c1ccc(C(F)(F)F)c(Cl)c1)Nc1ccc2c(c1)OCC(CO)O2. The predicted molar refractivity (Wildman–Crippen MR) is 97.6 cm³/mol. The molecule has 0 aromatic heterocycles. The van der Waals surface area contributed by atoms with Crippen molar-refractivity contribution in [2.24, 2.45) is 0 Å². The van der Waals surface area contributed by atoms with Crippen molar-refractivity contribution in [2.45, 2.75) is 12.3 Å². The minimum Gasteiger partial charge on any atom is -0.486 e. The summed E-state index contributed by atoms with van der Waals surface area (Å²) in [6, 6.07) is 7.99. The molecule has 2 N–H and O–H groups in total. The smallest absolute Gasteiger partial charge is 0.417 e. The summed E-state index contributed by atoms with van der Waals surface area (Å²) in [6.45, 7) is 0.0200. The molecule has 0 saturated carbocycles. The van der Waals surface area contributed by atoms with Gasteiger partial charge in [-0.2, -0.15) is 13.2 Å². The molecule has 148 valence electrons. The number of benzene rings is 2. The van der Waals surface area contributed by atoms with Crippen LogP contribution in [0.1, 0.15) is 11.1 Å². The second kappa shape index (κ2) is 8.12. The van der Waals surface area contributed by atoms with Crippen LogP contribution in [0.3, 0.4) is 0 Å². The number of ether oxygens (including phenoxy) is 2. The van der Waals surface area contributed by atoms with Crippen molar-refractivity contribution in [2.75, 3.05) is 18.5 Å². The molecular formula is C19H15ClF3NO4. The highest BCUT2D eigenvalue weighted by Gasteiger charge is 2.32. The largest absolute Gasteiger partial charge is 0.486 e. The highest BCUT2D eigenvalue weighted by molar-refractivity contribution is 6.31. The van der Waals surface area contributed by atoms with Crippen LogP contribution in [0.5, 0.6) is 11.5 Å².